The second-order valence-corrected chi connectivity index (χ2v) is 8.39. The van der Waals surface area contributed by atoms with Crippen LogP contribution in [-0.2, 0) is 17.3 Å². The maximum absolute atomic E-state index is 12.1. The molecule has 0 bridgehead atoms. The second-order valence-electron chi connectivity index (χ2n) is 5.51. The van der Waals surface area contributed by atoms with E-state index in [1.54, 1.807) is 10.9 Å². The number of nitrogens with zero attached hydrogens (tertiary/aromatic N) is 3. The quantitative estimate of drug-likeness (QED) is 0.672. The summed E-state index contributed by atoms with van der Waals surface area (Å²) in [6, 6.07) is 2.40. The third kappa shape index (κ3) is 3.18. The van der Waals surface area contributed by atoms with Gasteiger partial charge in [0.05, 0.1) is 18.3 Å². The zero-order valence-corrected chi connectivity index (χ0v) is 14.3. The summed E-state index contributed by atoms with van der Waals surface area (Å²) in [6.45, 7) is 0. The lowest BCUT2D eigenvalue weighted by Gasteiger charge is -2.37. The van der Waals surface area contributed by atoms with E-state index in [1.807, 2.05) is 25.4 Å². The number of aliphatic hydroxyl groups excluding tert-OH is 1. The van der Waals surface area contributed by atoms with E-state index in [2.05, 4.69) is 9.82 Å². The minimum Gasteiger partial charge on any atom is -0.367 e. The van der Waals surface area contributed by atoms with Gasteiger partial charge in [-0.1, -0.05) is 0 Å². The van der Waals surface area contributed by atoms with E-state index in [4.69, 9.17) is 0 Å². The SMILES string of the molecule is CN1C(C(O)O)CC(c2ccc(-c3cnn(C)c3)s2)NS1(=O)=O. The van der Waals surface area contributed by atoms with Crippen LogP contribution in [0, 0.1) is 0 Å². The summed E-state index contributed by atoms with van der Waals surface area (Å²) in [5, 5.41) is 23.0. The first-order valence-electron chi connectivity index (χ1n) is 6.98. The molecule has 2 unspecified atom stereocenters. The lowest BCUT2D eigenvalue weighted by Crippen LogP contribution is -2.55. The first-order valence-corrected chi connectivity index (χ1v) is 9.24. The maximum Gasteiger partial charge on any atom is 0.280 e. The van der Waals surface area contributed by atoms with E-state index in [9.17, 15) is 18.6 Å². The van der Waals surface area contributed by atoms with Crippen LogP contribution in [0.15, 0.2) is 24.5 Å². The Morgan fingerprint density at radius 1 is 1.39 bits per heavy atom. The molecule has 3 N–H and O–H groups in total. The van der Waals surface area contributed by atoms with Crippen molar-refractivity contribution in [3.63, 3.8) is 0 Å². The summed E-state index contributed by atoms with van der Waals surface area (Å²) in [5.74, 6) is 0. The first kappa shape index (κ1) is 16.6. The van der Waals surface area contributed by atoms with Gasteiger partial charge in [0.2, 0.25) is 0 Å². The molecule has 1 aliphatic heterocycles. The molecule has 8 nitrogen and oxygen atoms in total. The summed E-state index contributed by atoms with van der Waals surface area (Å²) in [5.41, 5.74) is 0.957. The Kier molecular flexibility index (Phi) is 4.29. The molecule has 2 aromatic heterocycles. The highest BCUT2D eigenvalue weighted by atomic mass is 32.2. The number of aromatic nitrogens is 2. The van der Waals surface area contributed by atoms with Gasteiger partial charge in [-0.05, 0) is 18.6 Å². The minimum absolute atomic E-state index is 0.278. The van der Waals surface area contributed by atoms with Crippen molar-refractivity contribution in [1.29, 1.82) is 0 Å². The zero-order valence-electron chi connectivity index (χ0n) is 12.6. The Bertz CT molecular complexity index is 799. The lowest BCUT2D eigenvalue weighted by atomic mass is 10.1. The molecule has 0 aromatic carbocycles. The Hall–Kier alpha value is -1.30. The van der Waals surface area contributed by atoms with Crippen LogP contribution in [0.3, 0.4) is 0 Å². The van der Waals surface area contributed by atoms with Crippen LogP contribution in [0.5, 0.6) is 0 Å². The van der Waals surface area contributed by atoms with Gasteiger partial charge >= 0.3 is 0 Å². The molecule has 3 heterocycles. The second kappa shape index (κ2) is 5.96. The van der Waals surface area contributed by atoms with E-state index < -0.39 is 28.6 Å². The normalized spacial score (nSPS) is 25.1. The van der Waals surface area contributed by atoms with Crippen molar-refractivity contribution in [1.82, 2.24) is 18.8 Å². The highest BCUT2D eigenvalue weighted by molar-refractivity contribution is 7.87. The van der Waals surface area contributed by atoms with Gasteiger partial charge in [0.15, 0.2) is 6.29 Å². The van der Waals surface area contributed by atoms with E-state index in [-0.39, 0.29) is 6.42 Å². The predicted octanol–water partition coefficient (Wildman–Crippen LogP) is 0.0389. The predicted molar refractivity (Wildman–Crippen MR) is 85.7 cm³/mol. The van der Waals surface area contributed by atoms with Crippen molar-refractivity contribution in [3.05, 3.63) is 29.4 Å². The zero-order chi connectivity index (χ0) is 16.8. The van der Waals surface area contributed by atoms with Gasteiger partial charge in [-0.3, -0.25) is 4.68 Å². The molecule has 10 heteroatoms. The third-order valence-electron chi connectivity index (χ3n) is 3.92. The monoisotopic (exact) mass is 358 g/mol. The van der Waals surface area contributed by atoms with Crippen LogP contribution in [0.25, 0.3) is 10.4 Å². The first-order chi connectivity index (χ1) is 10.8. The summed E-state index contributed by atoms with van der Waals surface area (Å²) in [4.78, 5) is 1.80. The van der Waals surface area contributed by atoms with Gasteiger partial charge in [0.25, 0.3) is 10.2 Å². The Labute approximate surface area is 138 Å². The van der Waals surface area contributed by atoms with E-state index >= 15 is 0 Å². The standard InChI is InChI=1S/C13H18N4O4S2/c1-16-7-8(6-14-16)11-3-4-12(22-11)9-5-10(13(18)19)17(2)23(20,21)15-9/h3-4,6-7,9-10,13,15,18-19H,5H2,1-2H3. The topological polar surface area (TPSA) is 108 Å². The molecular formula is C13H18N4O4S2. The number of nitrogens with one attached hydrogen (secondary N) is 1. The van der Waals surface area contributed by atoms with Crippen molar-refractivity contribution in [2.75, 3.05) is 7.05 Å². The number of hydrogen-bond acceptors (Lipinski definition) is 6. The fraction of sp³-hybridized carbons (Fsp3) is 0.462. The Morgan fingerprint density at radius 2 is 2.13 bits per heavy atom. The molecule has 0 saturated carbocycles. The van der Waals surface area contributed by atoms with Gasteiger partial charge < -0.3 is 10.2 Å². The Balaban J connectivity index is 1.88. The molecule has 3 rings (SSSR count). The Morgan fingerprint density at radius 3 is 2.74 bits per heavy atom. The van der Waals surface area contributed by atoms with Crippen LogP contribution in [0.1, 0.15) is 17.3 Å². The minimum atomic E-state index is -3.75. The molecule has 0 spiro atoms. The van der Waals surface area contributed by atoms with Crippen LogP contribution < -0.4 is 4.72 Å². The molecule has 0 radical (unpaired) electrons. The number of likely N-dealkylation sites (N-methyl/N-ethyl adjacent to an activating group) is 1. The summed E-state index contributed by atoms with van der Waals surface area (Å²) >= 11 is 1.46. The fourth-order valence-electron chi connectivity index (χ4n) is 2.61. The molecule has 0 amide bonds. The van der Waals surface area contributed by atoms with Crippen molar-refractivity contribution in [3.8, 4) is 10.4 Å². The van der Waals surface area contributed by atoms with Crippen molar-refractivity contribution in [2.45, 2.75) is 24.8 Å². The van der Waals surface area contributed by atoms with E-state index in [0.29, 0.717) is 0 Å². The lowest BCUT2D eigenvalue weighted by molar-refractivity contribution is -0.0876. The highest BCUT2D eigenvalue weighted by Crippen LogP contribution is 2.36. The van der Waals surface area contributed by atoms with Crippen molar-refractivity contribution < 1.29 is 18.6 Å². The third-order valence-corrected chi connectivity index (χ3v) is 6.78. The van der Waals surface area contributed by atoms with Crippen LogP contribution in [0.4, 0.5) is 0 Å². The number of aliphatic hydroxyl groups is 2. The molecule has 2 atom stereocenters. The number of thiophene rings is 1. The molecule has 2 aromatic rings. The number of rotatable bonds is 3. The fourth-order valence-corrected chi connectivity index (χ4v) is 5.03. The molecular weight excluding hydrogens is 340 g/mol. The summed E-state index contributed by atoms with van der Waals surface area (Å²) < 4.78 is 29.5. The molecule has 1 fully saturated rings. The van der Waals surface area contributed by atoms with Crippen molar-refractivity contribution in [2.24, 2.45) is 7.05 Å². The smallest absolute Gasteiger partial charge is 0.280 e. The van der Waals surface area contributed by atoms with Gasteiger partial charge in [-0.25, -0.2) is 0 Å². The molecule has 23 heavy (non-hydrogen) atoms. The summed E-state index contributed by atoms with van der Waals surface area (Å²) in [6.07, 6.45) is 2.18. The van der Waals surface area contributed by atoms with Crippen LogP contribution in [0.2, 0.25) is 0 Å². The number of aryl methyl sites for hydroxylation is 1. The average Bonchev–Trinajstić information content (AvgIpc) is 3.09. The molecule has 0 aliphatic carbocycles. The van der Waals surface area contributed by atoms with Crippen LogP contribution >= 0.6 is 11.3 Å². The van der Waals surface area contributed by atoms with E-state index in [0.717, 1.165) is 19.6 Å². The van der Waals surface area contributed by atoms with Crippen LogP contribution in [-0.4, -0.2) is 52.1 Å². The van der Waals surface area contributed by atoms with Gasteiger partial charge in [-0.15, -0.1) is 11.3 Å². The molecule has 1 aliphatic rings. The van der Waals surface area contributed by atoms with Gasteiger partial charge in [-0.2, -0.15) is 22.5 Å². The van der Waals surface area contributed by atoms with Crippen molar-refractivity contribution >= 4 is 21.5 Å². The molecule has 126 valence electrons. The van der Waals surface area contributed by atoms with E-state index in [1.165, 1.54) is 18.4 Å². The van der Waals surface area contributed by atoms with Gasteiger partial charge in [0.1, 0.15) is 0 Å². The highest BCUT2D eigenvalue weighted by Gasteiger charge is 2.40. The largest absolute Gasteiger partial charge is 0.367 e. The van der Waals surface area contributed by atoms with Gasteiger partial charge in [0, 0.05) is 35.6 Å². The molecule has 1 saturated heterocycles. The maximum atomic E-state index is 12.1. The number of hydrogen-bond donors (Lipinski definition) is 3. The summed E-state index contributed by atoms with van der Waals surface area (Å²) in [7, 11) is -0.589. The average molecular weight is 358 g/mol.